The Kier molecular flexibility index (Phi) is 4.26. The Bertz CT molecular complexity index is 776. The summed E-state index contributed by atoms with van der Waals surface area (Å²) in [6.45, 7) is 0. The SMILES string of the molecule is COc1cccc(C2C3=C(CCCC3=O)OC(=N)C2C#N)c1OC. The highest BCUT2D eigenvalue weighted by Gasteiger charge is 2.43. The van der Waals surface area contributed by atoms with Gasteiger partial charge >= 0.3 is 0 Å². The van der Waals surface area contributed by atoms with Gasteiger partial charge in [0.05, 0.1) is 20.3 Å². The quantitative estimate of drug-likeness (QED) is 0.922. The van der Waals surface area contributed by atoms with E-state index in [1.54, 1.807) is 12.1 Å². The number of carbonyl (C=O) groups is 1. The molecule has 3 rings (SSSR count). The first-order valence-corrected chi connectivity index (χ1v) is 7.75. The zero-order valence-electron chi connectivity index (χ0n) is 13.6. The minimum Gasteiger partial charge on any atom is -0.493 e. The van der Waals surface area contributed by atoms with E-state index in [0.717, 1.165) is 0 Å². The number of nitrogens with one attached hydrogen (secondary N) is 1. The highest BCUT2D eigenvalue weighted by atomic mass is 16.5. The fourth-order valence-electron chi connectivity index (χ4n) is 3.43. The molecular formula is C18H18N2O4. The van der Waals surface area contributed by atoms with E-state index in [1.165, 1.54) is 14.2 Å². The molecule has 0 spiro atoms. The van der Waals surface area contributed by atoms with Gasteiger partial charge < -0.3 is 14.2 Å². The van der Waals surface area contributed by atoms with Gasteiger partial charge in [-0.1, -0.05) is 12.1 Å². The molecular weight excluding hydrogens is 308 g/mol. The van der Waals surface area contributed by atoms with Crippen LogP contribution in [-0.4, -0.2) is 25.9 Å². The fraction of sp³-hybridized carbons (Fsp3) is 0.389. The van der Waals surface area contributed by atoms with E-state index >= 15 is 0 Å². The molecule has 0 radical (unpaired) electrons. The van der Waals surface area contributed by atoms with E-state index in [2.05, 4.69) is 6.07 Å². The number of benzene rings is 1. The first-order chi connectivity index (χ1) is 11.6. The Balaban J connectivity index is 2.24. The Hall–Kier alpha value is -2.81. The fourth-order valence-corrected chi connectivity index (χ4v) is 3.43. The third-order valence-corrected chi connectivity index (χ3v) is 4.48. The van der Waals surface area contributed by atoms with Crippen molar-refractivity contribution >= 4 is 11.7 Å². The van der Waals surface area contributed by atoms with Crippen molar-refractivity contribution in [3.63, 3.8) is 0 Å². The summed E-state index contributed by atoms with van der Waals surface area (Å²) in [5.41, 5.74) is 1.16. The predicted molar refractivity (Wildman–Crippen MR) is 86.1 cm³/mol. The van der Waals surface area contributed by atoms with Gasteiger partial charge in [-0.15, -0.1) is 0 Å². The standard InChI is InChI=1S/C18H18N2O4/c1-22-14-8-3-5-10(17(14)23-2)15-11(9-19)18(20)24-13-7-4-6-12(21)16(13)15/h3,5,8,11,15,20H,4,6-7H2,1-2H3. The maximum atomic E-state index is 12.5. The number of nitrogens with zero attached hydrogens (tertiary/aromatic N) is 1. The van der Waals surface area contributed by atoms with Gasteiger partial charge in [0.15, 0.2) is 17.3 Å². The van der Waals surface area contributed by atoms with E-state index in [-0.39, 0.29) is 11.7 Å². The molecule has 6 nitrogen and oxygen atoms in total. The zero-order valence-corrected chi connectivity index (χ0v) is 13.6. The van der Waals surface area contributed by atoms with Crippen molar-refractivity contribution in [2.75, 3.05) is 14.2 Å². The van der Waals surface area contributed by atoms with E-state index < -0.39 is 11.8 Å². The van der Waals surface area contributed by atoms with Crippen LogP contribution in [0.1, 0.15) is 30.7 Å². The Morgan fingerprint density at radius 1 is 1.29 bits per heavy atom. The van der Waals surface area contributed by atoms with Crippen molar-refractivity contribution in [3.8, 4) is 17.6 Å². The largest absolute Gasteiger partial charge is 0.493 e. The van der Waals surface area contributed by atoms with Crippen LogP contribution in [-0.2, 0) is 9.53 Å². The molecule has 1 aromatic rings. The Labute approximate surface area is 140 Å². The van der Waals surface area contributed by atoms with Crippen LogP contribution in [0.4, 0.5) is 0 Å². The number of nitriles is 1. The van der Waals surface area contributed by atoms with Crippen LogP contribution in [0.15, 0.2) is 29.5 Å². The number of methoxy groups -OCH3 is 2. The van der Waals surface area contributed by atoms with Gasteiger partial charge in [-0.05, 0) is 12.5 Å². The summed E-state index contributed by atoms with van der Waals surface area (Å²) in [6, 6.07) is 7.47. The summed E-state index contributed by atoms with van der Waals surface area (Å²) in [4.78, 5) is 12.5. The summed E-state index contributed by atoms with van der Waals surface area (Å²) in [7, 11) is 3.05. The minimum atomic E-state index is -0.869. The summed E-state index contributed by atoms with van der Waals surface area (Å²) in [5, 5.41) is 17.7. The minimum absolute atomic E-state index is 0.0288. The molecule has 24 heavy (non-hydrogen) atoms. The summed E-state index contributed by atoms with van der Waals surface area (Å²) in [5.74, 6) is -0.0893. The summed E-state index contributed by atoms with van der Waals surface area (Å²) < 4.78 is 16.3. The van der Waals surface area contributed by atoms with Crippen molar-refractivity contribution < 1.29 is 19.0 Å². The summed E-state index contributed by atoms with van der Waals surface area (Å²) >= 11 is 0. The number of para-hydroxylation sites is 1. The van der Waals surface area contributed by atoms with E-state index in [1.807, 2.05) is 6.07 Å². The Morgan fingerprint density at radius 3 is 2.75 bits per heavy atom. The van der Waals surface area contributed by atoms with Crippen molar-refractivity contribution in [3.05, 3.63) is 35.1 Å². The molecule has 2 atom stereocenters. The molecule has 1 aromatic carbocycles. The van der Waals surface area contributed by atoms with Crippen molar-refractivity contribution in [1.82, 2.24) is 0 Å². The van der Waals surface area contributed by atoms with Gasteiger partial charge in [-0.25, -0.2) is 0 Å². The third-order valence-electron chi connectivity index (χ3n) is 4.48. The first kappa shape index (κ1) is 16.1. The molecule has 6 heteroatoms. The van der Waals surface area contributed by atoms with Crippen LogP contribution < -0.4 is 9.47 Å². The van der Waals surface area contributed by atoms with Gasteiger partial charge in [0.25, 0.3) is 0 Å². The summed E-state index contributed by atoms with van der Waals surface area (Å²) in [6.07, 6.45) is 1.73. The maximum absolute atomic E-state index is 12.5. The average molecular weight is 326 g/mol. The van der Waals surface area contributed by atoms with E-state index in [4.69, 9.17) is 19.6 Å². The van der Waals surface area contributed by atoms with Crippen LogP contribution in [0.25, 0.3) is 0 Å². The molecule has 1 aliphatic heterocycles. The van der Waals surface area contributed by atoms with Crippen LogP contribution >= 0.6 is 0 Å². The molecule has 2 unspecified atom stereocenters. The maximum Gasteiger partial charge on any atom is 0.205 e. The molecule has 0 aromatic heterocycles. The highest BCUT2D eigenvalue weighted by molar-refractivity contribution is 6.01. The molecule has 1 N–H and O–H groups in total. The second-order valence-corrected chi connectivity index (χ2v) is 5.75. The lowest BCUT2D eigenvalue weighted by molar-refractivity contribution is -0.116. The Morgan fingerprint density at radius 2 is 2.08 bits per heavy atom. The number of ether oxygens (including phenoxy) is 3. The van der Waals surface area contributed by atoms with Gasteiger partial charge in [-0.3, -0.25) is 10.2 Å². The molecule has 124 valence electrons. The number of ketones is 1. The molecule has 0 saturated heterocycles. The number of Topliss-reactive ketones (excluding diaryl/α,β-unsaturated/α-hetero) is 1. The number of allylic oxidation sites excluding steroid dienone is 2. The monoisotopic (exact) mass is 326 g/mol. The first-order valence-electron chi connectivity index (χ1n) is 7.75. The molecule has 2 aliphatic rings. The third kappa shape index (κ3) is 2.42. The normalized spacial score (nSPS) is 23.2. The molecule has 1 aliphatic carbocycles. The number of hydrogen-bond acceptors (Lipinski definition) is 6. The molecule has 0 saturated carbocycles. The van der Waals surface area contributed by atoms with Crippen LogP contribution in [0.2, 0.25) is 0 Å². The molecule has 0 bridgehead atoms. The number of carbonyl (C=O) groups excluding carboxylic acids is 1. The second-order valence-electron chi connectivity index (χ2n) is 5.75. The van der Waals surface area contributed by atoms with Crippen molar-refractivity contribution in [1.29, 1.82) is 10.7 Å². The van der Waals surface area contributed by atoms with Crippen LogP contribution in [0, 0.1) is 22.7 Å². The number of rotatable bonds is 3. The van der Waals surface area contributed by atoms with Crippen molar-refractivity contribution in [2.45, 2.75) is 25.2 Å². The lowest BCUT2D eigenvalue weighted by Crippen LogP contribution is -2.34. The highest BCUT2D eigenvalue weighted by Crippen LogP contribution is 2.47. The van der Waals surface area contributed by atoms with Gasteiger partial charge in [0.2, 0.25) is 5.90 Å². The molecule has 0 fully saturated rings. The van der Waals surface area contributed by atoms with Crippen molar-refractivity contribution in [2.24, 2.45) is 5.92 Å². The predicted octanol–water partition coefficient (Wildman–Crippen LogP) is 2.94. The second kappa shape index (κ2) is 6.36. The topological polar surface area (TPSA) is 92.4 Å². The van der Waals surface area contributed by atoms with E-state index in [0.29, 0.717) is 47.7 Å². The van der Waals surface area contributed by atoms with Crippen LogP contribution in [0.3, 0.4) is 0 Å². The van der Waals surface area contributed by atoms with Gasteiger partial charge in [-0.2, -0.15) is 5.26 Å². The average Bonchev–Trinajstić information content (AvgIpc) is 2.59. The smallest absolute Gasteiger partial charge is 0.205 e. The lowest BCUT2D eigenvalue weighted by atomic mass is 9.74. The number of hydrogen-bond donors (Lipinski definition) is 1. The van der Waals surface area contributed by atoms with E-state index in [9.17, 15) is 10.1 Å². The van der Waals surface area contributed by atoms with Gasteiger partial charge in [0, 0.05) is 29.9 Å². The molecule has 1 heterocycles. The lowest BCUT2D eigenvalue weighted by Gasteiger charge is -2.34. The van der Waals surface area contributed by atoms with Crippen LogP contribution in [0.5, 0.6) is 11.5 Å². The van der Waals surface area contributed by atoms with Gasteiger partial charge in [0.1, 0.15) is 11.7 Å². The molecule has 0 amide bonds. The zero-order chi connectivity index (χ0) is 17.3.